The van der Waals surface area contributed by atoms with Crippen LogP contribution in [0, 0.1) is 5.92 Å². The molecule has 7 nitrogen and oxygen atoms in total. The largest absolute Gasteiger partial charge is 0.480 e. The molecule has 1 amide bonds. The molecule has 2 aromatic heterocycles. The number of amides is 1. The molecule has 27 heavy (non-hydrogen) atoms. The van der Waals surface area contributed by atoms with Gasteiger partial charge in [0.05, 0.1) is 5.39 Å². The number of aliphatic carboxylic acids is 1. The molecule has 0 saturated carbocycles. The lowest BCUT2D eigenvalue weighted by Gasteiger charge is -2.17. The third-order valence-electron chi connectivity index (χ3n) is 5.01. The number of hydrogen-bond donors (Lipinski definition) is 3. The van der Waals surface area contributed by atoms with E-state index in [0.717, 1.165) is 29.7 Å². The van der Waals surface area contributed by atoms with Crippen LogP contribution in [0.5, 0.6) is 0 Å². The van der Waals surface area contributed by atoms with Crippen LogP contribution in [0.1, 0.15) is 55.8 Å². The van der Waals surface area contributed by atoms with E-state index in [1.165, 1.54) is 4.88 Å². The number of carboxylic acids is 1. The summed E-state index contributed by atoms with van der Waals surface area (Å²) in [6.07, 6.45) is 4.41. The molecule has 0 aliphatic heterocycles. The molecule has 0 fully saturated rings. The van der Waals surface area contributed by atoms with E-state index < -0.39 is 12.0 Å². The van der Waals surface area contributed by atoms with Gasteiger partial charge in [0.1, 0.15) is 16.7 Å². The van der Waals surface area contributed by atoms with E-state index in [9.17, 15) is 14.4 Å². The standard InChI is InChI=1S/C19H25N3O4S/c1-3-4-12(19(25)26)20-15(23)8-7-14-21-17(24)16-11-6-5-10(2)9-13(11)27-18(16)22-14/h10,12H,3-9H2,1-2H3,(H,20,23)(H,25,26)(H,21,22,24). The van der Waals surface area contributed by atoms with E-state index >= 15 is 0 Å². The highest BCUT2D eigenvalue weighted by Gasteiger charge is 2.23. The van der Waals surface area contributed by atoms with Gasteiger partial charge in [0.2, 0.25) is 5.91 Å². The van der Waals surface area contributed by atoms with Crippen molar-refractivity contribution in [3.8, 4) is 0 Å². The lowest BCUT2D eigenvalue weighted by molar-refractivity contribution is -0.142. The number of nitrogens with zero attached hydrogens (tertiary/aromatic N) is 1. The van der Waals surface area contributed by atoms with Crippen molar-refractivity contribution >= 4 is 33.4 Å². The zero-order valence-corrected chi connectivity index (χ0v) is 16.4. The third-order valence-corrected chi connectivity index (χ3v) is 6.16. The van der Waals surface area contributed by atoms with Gasteiger partial charge >= 0.3 is 5.97 Å². The van der Waals surface area contributed by atoms with Crippen LogP contribution in [0.4, 0.5) is 0 Å². The van der Waals surface area contributed by atoms with Crippen LogP contribution in [0.15, 0.2) is 4.79 Å². The van der Waals surface area contributed by atoms with Gasteiger partial charge < -0.3 is 15.4 Å². The fourth-order valence-corrected chi connectivity index (χ4v) is 4.96. The van der Waals surface area contributed by atoms with E-state index in [4.69, 9.17) is 5.11 Å². The number of H-pyrrole nitrogens is 1. The molecule has 0 saturated heterocycles. The minimum absolute atomic E-state index is 0.0874. The van der Waals surface area contributed by atoms with Gasteiger partial charge in [-0.1, -0.05) is 20.3 Å². The number of aromatic nitrogens is 2. The summed E-state index contributed by atoms with van der Waals surface area (Å²) in [5.41, 5.74) is 0.992. The van der Waals surface area contributed by atoms with Crippen LogP contribution in [-0.4, -0.2) is 33.0 Å². The molecule has 2 atom stereocenters. The van der Waals surface area contributed by atoms with Crippen molar-refractivity contribution in [2.75, 3.05) is 0 Å². The van der Waals surface area contributed by atoms with Crippen LogP contribution in [0.25, 0.3) is 10.2 Å². The van der Waals surface area contributed by atoms with Gasteiger partial charge in [0, 0.05) is 17.7 Å². The molecule has 2 heterocycles. The Morgan fingerprint density at radius 3 is 2.93 bits per heavy atom. The van der Waals surface area contributed by atoms with E-state index in [0.29, 0.717) is 30.0 Å². The molecule has 3 rings (SSSR count). The van der Waals surface area contributed by atoms with Crippen molar-refractivity contribution in [2.24, 2.45) is 5.92 Å². The van der Waals surface area contributed by atoms with Crippen molar-refractivity contribution in [1.29, 1.82) is 0 Å². The zero-order chi connectivity index (χ0) is 19.6. The molecule has 0 bridgehead atoms. The van der Waals surface area contributed by atoms with Gasteiger partial charge in [-0.05, 0) is 37.2 Å². The summed E-state index contributed by atoms with van der Waals surface area (Å²) in [6, 6.07) is -0.872. The van der Waals surface area contributed by atoms with Crippen LogP contribution in [0.3, 0.4) is 0 Å². The molecular weight excluding hydrogens is 366 g/mol. The predicted octanol–water partition coefficient (Wildman–Crippen LogP) is 2.41. The highest BCUT2D eigenvalue weighted by atomic mass is 32.1. The van der Waals surface area contributed by atoms with Gasteiger partial charge in [0.25, 0.3) is 5.56 Å². The second-order valence-electron chi connectivity index (χ2n) is 7.29. The topological polar surface area (TPSA) is 112 Å². The SMILES string of the molecule is CCCC(NC(=O)CCc1nc2sc3c(c2c(=O)[nH]1)CCC(C)C3)C(=O)O. The first-order chi connectivity index (χ1) is 12.9. The maximum atomic E-state index is 12.5. The van der Waals surface area contributed by atoms with Crippen LogP contribution >= 0.6 is 11.3 Å². The Morgan fingerprint density at radius 2 is 2.22 bits per heavy atom. The Bertz CT molecular complexity index is 918. The lowest BCUT2D eigenvalue weighted by atomic mass is 9.89. The van der Waals surface area contributed by atoms with Crippen molar-refractivity contribution in [2.45, 2.75) is 64.8 Å². The number of aryl methyl sites for hydroxylation is 2. The molecular formula is C19H25N3O4S. The number of aromatic amines is 1. The van der Waals surface area contributed by atoms with Crippen molar-refractivity contribution in [3.05, 3.63) is 26.6 Å². The molecule has 0 radical (unpaired) electrons. The van der Waals surface area contributed by atoms with Gasteiger partial charge in [-0.25, -0.2) is 9.78 Å². The summed E-state index contributed by atoms with van der Waals surface area (Å²) in [4.78, 5) is 45.1. The number of fused-ring (bicyclic) bond motifs is 3. The Labute approximate surface area is 161 Å². The van der Waals surface area contributed by atoms with Crippen LogP contribution in [-0.2, 0) is 28.9 Å². The average molecular weight is 391 g/mol. The summed E-state index contributed by atoms with van der Waals surface area (Å²) in [5.74, 6) is -0.288. The quantitative estimate of drug-likeness (QED) is 0.671. The van der Waals surface area contributed by atoms with Gasteiger partial charge in [-0.15, -0.1) is 11.3 Å². The number of carboxylic acid groups (broad SMARTS) is 1. The molecule has 3 N–H and O–H groups in total. The average Bonchev–Trinajstić information content (AvgIpc) is 2.97. The molecule has 0 aromatic carbocycles. The van der Waals surface area contributed by atoms with Crippen molar-refractivity contribution in [3.63, 3.8) is 0 Å². The monoisotopic (exact) mass is 391 g/mol. The summed E-state index contributed by atoms with van der Waals surface area (Å²) in [6.45, 7) is 4.09. The number of carbonyl (C=O) groups excluding carboxylic acids is 1. The van der Waals surface area contributed by atoms with Gasteiger partial charge in [-0.2, -0.15) is 0 Å². The summed E-state index contributed by atoms with van der Waals surface area (Å²) >= 11 is 1.58. The minimum atomic E-state index is -1.03. The number of rotatable bonds is 7. The second-order valence-corrected chi connectivity index (χ2v) is 8.38. The third kappa shape index (κ3) is 4.37. The van der Waals surface area contributed by atoms with E-state index in [2.05, 4.69) is 22.2 Å². The molecule has 0 spiro atoms. The van der Waals surface area contributed by atoms with Gasteiger partial charge in [-0.3, -0.25) is 9.59 Å². The Balaban J connectivity index is 1.72. The molecule has 1 aliphatic carbocycles. The number of nitrogens with one attached hydrogen (secondary N) is 2. The zero-order valence-electron chi connectivity index (χ0n) is 15.6. The van der Waals surface area contributed by atoms with Gasteiger partial charge in [0.15, 0.2) is 0 Å². The van der Waals surface area contributed by atoms with Crippen LogP contribution in [0.2, 0.25) is 0 Å². The second kappa shape index (κ2) is 8.21. The molecule has 146 valence electrons. The first kappa shape index (κ1) is 19.5. The normalized spacial score (nSPS) is 17.5. The summed E-state index contributed by atoms with van der Waals surface area (Å²) in [7, 11) is 0. The van der Waals surface area contributed by atoms with E-state index in [1.807, 2.05) is 6.92 Å². The Kier molecular flexibility index (Phi) is 5.94. The number of thiophene rings is 1. The lowest BCUT2D eigenvalue weighted by Crippen LogP contribution is -2.40. The fourth-order valence-electron chi connectivity index (χ4n) is 3.56. The smallest absolute Gasteiger partial charge is 0.326 e. The maximum Gasteiger partial charge on any atom is 0.326 e. The molecule has 1 aliphatic rings. The molecule has 2 unspecified atom stereocenters. The van der Waals surface area contributed by atoms with Crippen molar-refractivity contribution < 1.29 is 14.7 Å². The minimum Gasteiger partial charge on any atom is -0.480 e. The molecule has 2 aromatic rings. The van der Waals surface area contributed by atoms with Crippen LogP contribution < -0.4 is 10.9 Å². The Morgan fingerprint density at radius 1 is 1.44 bits per heavy atom. The number of hydrogen-bond acceptors (Lipinski definition) is 5. The number of carbonyl (C=O) groups is 2. The maximum absolute atomic E-state index is 12.5. The van der Waals surface area contributed by atoms with E-state index in [-0.39, 0.29) is 24.3 Å². The summed E-state index contributed by atoms with van der Waals surface area (Å²) < 4.78 is 0. The first-order valence-electron chi connectivity index (χ1n) is 9.44. The first-order valence-corrected chi connectivity index (χ1v) is 10.3. The highest BCUT2D eigenvalue weighted by molar-refractivity contribution is 7.18. The predicted molar refractivity (Wildman–Crippen MR) is 104 cm³/mol. The fraction of sp³-hybridized carbons (Fsp3) is 0.579. The molecule has 8 heteroatoms. The van der Waals surface area contributed by atoms with Crippen molar-refractivity contribution in [1.82, 2.24) is 15.3 Å². The summed E-state index contributed by atoms with van der Waals surface area (Å²) in [5, 5.41) is 12.3. The van der Waals surface area contributed by atoms with E-state index in [1.54, 1.807) is 11.3 Å². The highest BCUT2D eigenvalue weighted by Crippen LogP contribution is 2.35. The Hall–Kier alpha value is -2.22.